The third-order valence-electron chi connectivity index (χ3n) is 13.5. The predicted octanol–water partition coefficient (Wildman–Crippen LogP) is 6.52. The van der Waals surface area contributed by atoms with Gasteiger partial charge in [0.15, 0.2) is 11.6 Å². The fourth-order valence-corrected chi connectivity index (χ4v) is 9.96. The number of hydrogen-bond acceptors (Lipinski definition) is 10. The highest BCUT2D eigenvalue weighted by atomic mass is 19.1. The fourth-order valence-electron chi connectivity index (χ4n) is 9.96. The highest BCUT2D eigenvalue weighted by molar-refractivity contribution is 6.05. The van der Waals surface area contributed by atoms with Crippen molar-refractivity contribution < 1.29 is 32.6 Å². The number of rotatable bonds is 8. The van der Waals surface area contributed by atoms with Crippen molar-refractivity contribution >= 4 is 40.0 Å². The molecule has 0 bridgehead atoms. The van der Waals surface area contributed by atoms with Crippen LogP contribution < -0.4 is 25.4 Å². The van der Waals surface area contributed by atoms with Crippen LogP contribution in [0.15, 0.2) is 83.9 Å². The molecule has 3 saturated heterocycles. The number of nitrogens with one attached hydrogen (secondary N) is 1. The lowest BCUT2D eigenvalue weighted by Crippen LogP contribution is -2.52. The summed E-state index contributed by atoms with van der Waals surface area (Å²) in [6.45, 7) is 3.97. The lowest BCUT2D eigenvalue weighted by Gasteiger charge is -2.53. The number of imide groups is 1. The Morgan fingerprint density at radius 2 is 1.50 bits per heavy atom. The van der Waals surface area contributed by atoms with Crippen molar-refractivity contribution in [2.75, 3.05) is 36.0 Å². The Kier molecular flexibility index (Phi) is 9.97. The molecule has 5 aromatic rings. The first-order chi connectivity index (χ1) is 30.0. The number of halogens is 2. The number of piperidine rings is 3. The second-order valence-corrected chi connectivity index (χ2v) is 17.1. The highest BCUT2D eigenvalue weighted by Crippen LogP contribution is 2.51. The third-order valence-corrected chi connectivity index (χ3v) is 13.5. The van der Waals surface area contributed by atoms with E-state index in [9.17, 15) is 33.2 Å². The summed E-state index contributed by atoms with van der Waals surface area (Å²) >= 11 is 0. The molecule has 13 nitrogen and oxygen atoms in total. The molecule has 4 fully saturated rings. The van der Waals surface area contributed by atoms with Gasteiger partial charge in [-0.05, 0) is 129 Å². The summed E-state index contributed by atoms with van der Waals surface area (Å²) in [5.41, 5.74) is 4.10. The number of nitrogens with zero attached hydrogens (tertiary/aromatic N) is 6. The largest absolute Gasteiger partial charge is 0.453 e. The summed E-state index contributed by atoms with van der Waals surface area (Å²) in [7, 11) is 0. The van der Waals surface area contributed by atoms with Crippen LogP contribution in [0.4, 0.5) is 20.2 Å². The van der Waals surface area contributed by atoms with E-state index in [-0.39, 0.29) is 47.1 Å². The van der Waals surface area contributed by atoms with Crippen molar-refractivity contribution in [2.24, 2.45) is 5.41 Å². The molecule has 1 N–H and O–H groups in total. The average molecular weight is 840 g/mol. The van der Waals surface area contributed by atoms with Crippen molar-refractivity contribution in [1.82, 2.24) is 19.8 Å². The van der Waals surface area contributed by atoms with Crippen LogP contribution in [-0.2, 0) is 20.9 Å². The monoisotopic (exact) mass is 839 g/mol. The first-order valence-corrected chi connectivity index (χ1v) is 21.2. The Bertz CT molecular complexity index is 2730. The second kappa shape index (κ2) is 15.7. The van der Waals surface area contributed by atoms with Gasteiger partial charge in [0.1, 0.15) is 35.6 Å². The quantitative estimate of drug-likeness (QED) is 0.171. The number of carbonyl (C=O) groups is 3. The van der Waals surface area contributed by atoms with Crippen molar-refractivity contribution in [3.05, 3.63) is 118 Å². The Morgan fingerprint density at radius 3 is 2.24 bits per heavy atom. The van der Waals surface area contributed by atoms with Crippen molar-refractivity contribution in [3.8, 4) is 23.3 Å². The van der Waals surface area contributed by atoms with E-state index in [1.54, 1.807) is 17.0 Å². The maximum atomic E-state index is 14.5. The van der Waals surface area contributed by atoms with Gasteiger partial charge < -0.3 is 24.2 Å². The number of nitriles is 1. The molecular formula is C47H43F2N7O6. The number of fused-ring (bicyclic) bond motifs is 2. The van der Waals surface area contributed by atoms with Gasteiger partial charge in [-0.3, -0.25) is 29.1 Å². The number of ether oxygens (including phenoxy) is 2. The standard InChI is InChI=1S/C47H43F2N7O6/c48-38-8-9-39(49)43(37(38)25-50)62-33-6-10-40-36(22-33)46(60)56(27-51-40)30-3-1-29(2-4-30)54-19-15-47(16-20-54)23-34(24-47)61-32-13-17-53(18-14-32)31-5-7-35-28(21-31)26-55(45(35)59)41-11-12-42(57)52-44(41)58/h1-10,21-22,27,32,34,41H,11-20,23-24,26H2,(H,52,57,58). The minimum absolute atomic E-state index is 0.0653. The second-order valence-electron chi connectivity index (χ2n) is 17.1. The maximum Gasteiger partial charge on any atom is 0.265 e. The van der Waals surface area contributed by atoms with Gasteiger partial charge in [0.05, 0.1) is 28.8 Å². The molecule has 1 aromatic heterocycles. The Balaban J connectivity index is 0.703. The van der Waals surface area contributed by atoms with E-state index in [2.05, 4.69) is 26.2 Å². The number of hydrogen-bond donors (Lipinski definition) is 1. The van der Waals surface area contributed by atoms with E-state index >= 15 is 0 Å². The summed E-state index contributed by atoms with van der Waals surface area (Å²) in [5.74, 6) is -3.14. The van der Waals surface area contributed by atoms with E-state index in [4.69, 9.17) is 9.47 Å². The molecule has 1 spiro atoms. The summed E-state index contributed by atoms with van der Waals surface area (Å²) in [5, 5.41) is 11.9. The molecule has 10 rings (SSSR count). The molecule has 4 aromatic carbocycles. The van der Waals surface area contributed by atoms with E-state index in [0.29, 0.717) is 35.1 Å². The number of anilines is 2. The van der Waals surface area contributed by atoms with Crippen LogP contribution in [0.1, 0.15) is 72.9 Å². The van der Waals surface area contributed by atoms with Crippen molar-refractivity contribution in [2.45, 2.75) is 76.2 Å². The van der Waals surface area contributed by atoms with Crippen LogP contribution in [-0.4, -0.2) is 76.6 Å². The van der Waals surface area contributed by atoms with Crippen LogP contribution in [0.5, 0.6) is 11.5 Å². The summed E-state index contributed by atoms with van der Waals surface area (Å²) in [6, 6.07) is 20.9. The summed E-state index contributed by atoms with van der Waals surface area (Å²) < 4.78 is 42.3. The number of carbonyl (C=O) groups excluding carboxylic acids is 3. The topological polar surface area (TPSA) is 150 Å². The molecule has 316 valence electrons. The number of aromatic nitrogens is 2. The van der Waals surface area contributed by atoms with Crippen LogP contribution >= 0.6 is 0 Å². The van der Waals surface area contributed by atoms with Crippen LogP contribution in [0.25, 0.3) is 16.6 Å². The minimum Gasteiger partial charge on any atom is -0.453 e. The zero-order valence-electron chi connectivity index (χ0n) is 33.8. The molecule has 1 atom stereocenters. The minimum atomic E-state index is -0.910. The zero-order valence-corrected chi connectivity index (χ0v) is 33.8. The lowest BCUT2D eigenvalue weighted by atomic mass is 9.61. The molecule has 1 unspecified atom stereocenters. The highest BCUT2D eigenvalue weighted by Gasteiger charge is 2.47. The maximum absolute atomic E-state index is 14.5. The Morgan fingerprint density at radius 1 is 0.790 bits per heavy atom. The zero-order chi connectivity index (χ0) is 42.7. The fraction of sp³-hybridized carbons (Fsp3) is 0.362. The van der Waals surface area contributed by atoms with Gasteiger partial charge in [0.25, 0.3) is 11.5 Å². The van der Waals surface area contributed by atoms with E-state index in [1.165, 1.54) is 23.0 Å². The molecule has 1 saturated carbocycles. The predicted molar refractivity (Wildman–Crippen MR) is 224 cm³/mol. The molecule has 15 heteroatoms. The Labute approximate surface area is 355 Å². The third kappa shape index (κ3) is 7.21. The number of benzene rings is 4. The van der Waals surface area contributed by atoms with Gasteiger partial charge in [-0.25, -0.2) is 13.8 Å². The lowest BCUT2D eigenvalue weighted by molar-refractivity contribution is -0.136. The van der Waals surface area contributed by atoms with E-state index < -0.39 is 34.9 Å². The van der Waals surface area contributed by atoms with Gasteiger partial charge in [0, 0.05) is 56.1 Å². The van der Waals surface area contributed by atoms with Crippen LogP contribution in [0.2, 0.25) is 0 Å². The van der Waals surface area contributed by atoms with Gasteiger partial charge in [0.2, 0.25) is 11.8 Å². The van der Waals surface area contributed by atoms with Gasteiger partial charge in [-0.15, -0.1) is 0 Å². The molecule has 62 heavy (non-hydrogen) atoms. The number of amides is 3. The summed E-state index contributed by atoms with van der Waals surface area (Å²) in [4.78, 5) is 61.6. The first kappa shape index (κ1) is 39.5. The molecule has 3 amide bonds. The normalized spacial score (nSPS) is 20.3. The van der Waals surface area contributed by atoms with E-state index in [1.807, 2.05) is 36.4 Å². The molecule has 5 aliphatic rings. The van der Waals surface area contributed by atoms with Crippen molar-refractivity contribution in [3.63, 3.8) is 0 Å². The Hall–Kier alpha value is -6.66. The van der Waals surface area contributed by atoms with Crippen LogP contribution in [0.3, 0.4) is 0 Å². The molecule has 5 heterocycles. The SMILES string of the molecule is N#Cc1c(F)ccc(F)c1Oc1ccc2ncn(-c3ccc(N4CCC5(CC4)CC(OC4CCN(c6ccc7c(c6)CN(C6CCC(=O)NC6=O)C7=O)CC4)C5)cc3)c(=O)c2c1. The summed E-state index contributed by atoms with van der Waals surface area (Å²) in [6.07, 6.45) is 8.73. The van der Waals surface area contributed by atoms with Gasteiger partial charge >= 0.3 is 0 Å². The molecule has 4 aliphatic heterocycles. The van der Waals surface area contributed by atoms with Gasteiger partial charge in [-0.2, -0.15) is 5.26 Å². The van der Waals surface area contributed by atoms with E-state index in [0.717, 1.165) is 93.8 Å². The average Bonchev–Trinajstić information content (AvgIpc) is 3.60. The van der Waals surface area contributed by atoms with Crippen molar-refractivity contribution in [1.29, 1.82) is 5.26 Å². The first-order valence-electron chi connectivity index (χ1n) is 21.2. The van der Waals surface area contributed by atoms with Gasteiger partial charge in [-0.1, -0.05) is 0 Å². The molecule has 1 aliphatic carbocycles. The molecular weight excluding hydrogens is 797 g/mol. The molecule has 0 radical (unpaired) electrons. The van der Waals surface area contributed by atoms with Crippen LogP contribution in [0, 0.1) is 28.4 Å². The smallest absolute Gasteiger partial charge is 0.265 e.